The summed E-state index contributed by atoms with van der Waals surface area (Å²) in [4.78, 5) is 38.5. The lowest BCUT2D eigenvalue weighted by Gasteiger charge is -2.15. The Morgan fingerprint density at radius 2 is 2.00 bits per heavy atom. The second kappa shape index (κ2) is 7.75. The number of halogens is 2. The van der Waals surface area contributed by atoms with Crippen LogP contribution in [0.5, 0.6) is 0 Å². The summed E-state index contributed by atoms with van der Waals surface area (Å²) in [6, 6.07) is 10.6. The van der Waals surface area contributed by atoms with Crippen molar-refractivity contribution in [2.75, 3.05) is 0 Å². The molecular formula is C19H17ClFN3O3. The topological polar surface area (TPSA) is 84.0 Å². The van der Waals surface area contributed by atoms with Gasteiger partial charge in [0.1, 0.15) is 5.82 Å². The van der Waals surface area contributed by atoms with Crippen LogP contribution in [0.25, 0.3) is 10.9 Å². The van der Waals surface area contributed by atoms with Crippen LogP contribution in [0.3, 0.4) is 0 Å². The second-order valence-electron chi connectivity index (χ2n) is 6.14. The summed E-state index contributed by atoms with van der Waals surface area (Å²) in [5.41, 5.74) is 0.113. The van der Waals surface area contributed by atoms with Gasteiger partial charge in [0.25, 0.3) is 5.56 Å². The molecule has 3 rings (SSSR count). The lowest BCUT2D eigenvalue weighted by atomic mass is 10.1. The average molecular weight is 390 g/mol. The molecule has 27 heavy (non-hydrogen) atoms. The van der Waals surface area contributed by atoms with Gasteiger partial charge < -0.3 is 5.32 Å². The van der Waals surface area contributed by atoms with Crippen molar-refractivity contribution in [3.63, 3.8) is 0 Å². The summed E-state index contributed by atoms with van der Waals surface area (Å²) < 4.78 is 14.6. The first-order valence-electron chi connectivity index (χ1n) is 8.33. The Balaban J connectivity index is 1.73. The van der Waals surface area contributed by atoms with Crippen LogP contribution in [-0.4, -0.2) is 15.5 Å². The molecule has 0 saturated carbocycles. The lowest BCUT2D eigenvalue weighted by Crippen LogP contribution is -2.33. The Labute approximate surface area is 158 Å². The van der Waals surface area contributed by atoms with Crippen LogP contribution in [0.2, 0.25) is 5.02 Å². The smallest absolute Gasteiger partial charge is 0.328 e. The Hall–Kier alpha value is -2.93. The molecule has 1 heterocycles. The van der Waals surface area contributed by atoms with Crippen molar-refractivity contribution in [3.8, 4) is 0 Å². The molecule has 3 aromatic rings. The van der Waals surface area contributed by atoms with Gasteiger partial charge in [-0.25, -0.2) is 9.18 Å². The zero-order valence-electron chi connectivity index (χ0n) is 14.5. The molecule has 8 heteroatoms. The van der Waals surface area contributed by atoms with Crippen molar-refractivity contribution in [2.24, 2.45) is 0 Å². The number of nitrogens with zero attached hydrogens (tertiary/aromatic N) is 1. The minimum Gasteiger partial charge on any atom is -0.350 e. The number of amides is 1. The van der Waals surface area contributed by atoms with Crippen LogP contribution in [-0.2, 0) is 11.3 Å². The average Bonchev–Trinajstić information content (AvgIpc) is 2.63. The summed E-state index contributed by atoms with van der Waals surface area (Å²) in [5.74, 6) is -0.812. The largest absolute Gasteiger partial charge is 0.350 e. The van der Waals surface area contributed by atoms with E-state index in [4.69, 9.17) is 11.6 Å². The highest BCUT2D eigenvalue weighted by atomic mass is 35.5. The number of rotatable bonds is 5. The number of hydrogen-bond donors (Lipinski definition) is 2. The number of hydrogen-bond acceptors (Lipinski definition) is 3. The van der Waals surface area contributed by atoms with Crippen LogP contribution in [0.1, 0.15) is 24.9 Å². The van der Waals surface area contributed by atoms with E-state index in [1.165, 1.54) is 16.7 Å². The van der Waals surface area contributed by atoms with Crippen molar-refractivity contribution >= 4 is 28.4 Å². The Morgan fingerprint density at radius 1 is 1.26 bits per heavy atom. The molecule has 1 aromatic heterocycles. The van der Waals surface area contributed by atoms with Gasteiger partial charge in [0, 0.05) is 13.0 Å². The molecule has 6 nitrogen and oxygen atoms in total. The van der Waals surface area contributed by atoms with E-state index < -0.39 is 17.1 Å². The number of carbonyl (C=O) groups is 1. The summed E-state index contributed by atoms with van der Waals surface area (Å²) in [7, 11) is 0. The molecule has 2 N–H and O–H groups in total. The minimum absolute atomic E-state index is 0.0140. The van der Waals surface area contributed by atoms with Gasteiger partial charge in [-0.1, -0.05) is 29.8 Å². The van der Waals surface area contributed by atoms with E-state index in [1.54, 1.807) is 37.3 Å². The number of fused-ring (bicyclic) bond motifs is 1. The highest BCUT2D eigenvalue weighted by molar-refractivity contribution is 6.30. The quantitative estimate of drug-likeness (QED) is 0.703. The fourth-order valence-corrected chi connectivity index (χ4v) is 3.05. The number of aryl methyl sites for hydroxylation is 1. The van der Waals surface area contributed by atoms with Gasteiger partial charge in [-0.05, 0) is 36.8 Å². The number of carbonyl (C=O) groups excluding carboxylic acids is 1. The molecule has 0 aliphatic heterocycles. The molecule has 0 radical (unpaired) electrons. The number of aromatic nitrogens is 2. The number of benzene rings is 2. The van der Waals surface area contributed by atoms with E-state index in [9.17, 15) is 18.8 Å². The third-order valence-electron chi connectivity index (χ3n) is 4.29. The molecule has 0 aliphatic carbocycles. The third kappa shape index (κ3) is 4.09. The molecular weight excluding hydrogens is 373 g/mol. The van der Waals surface area contributed by atoms with Gasteiger partial charge in [-0.2, -0.15) is 0 Å². The Kier molecular flexibility index (Phi) is 5.41. The van der Waals surface area contributed by atoms with Gasteiger partial charge in [0.15, 0.2) is 0 Å². The number of aromatic amines is 1. The molecule has 0 fully saturated rings. The van der Waals surface area contributed by atoms with E-state index in [1.807, 2.05) is 0 Å². The highest BCUT2D eigenvalue weighted by Gasteiger charge is 2.13. The van der Waals surface area contributed by atoms with Gasteiger partial charge in [-0.3, -0.25) is 19.1 Å². The fourth-order valence-electron chi connectivity index (χ4n) is 2.86. The van der Waals surface area contributed by atoms with Crippen LogP contribution in [0, 0.1) is 5.82 Å². The zero-order valence-corrected chi connectivity index (χ0v) is 15.2. The summed E-state index contributed by atoms with van der Waals surface area (Å²) in [5, 5.41) is 3.15. The van der Waals surface area contributed by atoms with Crippen LogP contribution in [0.15, 0.2) is 52.1 Å². The van der Waals surface area contributed by atoms with Crippen molar-refractivity contribution in [1.29, 1.82) is 0 Å². The molecule has 0 unspecified atom stereocenters. The predicted molar refractivity (Wildman–Crippen MR) is 101 cm³/mol. The van der Waals surface area contributed by atoms with Crippen molar-refractivity contribution in [3.05, 3.63) is 79.7 Å². The summed E-state index contributed by atoms with van der Waals surface area (Å²) in [6.45, 7) is 1.86. The first kappa shape index (κ1) is 18.8. The Morgan fingerprint density at radius 3 is 2.74 bits per heavy atom. The maximum Gasteiger partial charge on any atom is 0.328 e. The first-order chi connectivity index (χ1) is 12.9. The van der Waals surface area contributed by atoms with E-state index in [2.05, 4.69) is 10.3 Å². The van der Waals surface area contributed by atoms with Crippen LogP contribution >= 0.6 is 11.6 Å². The van der Waals surface area contributed by atoms with Crippen LogP contribution in [0.4, 0.5) is 4.39 Å². The van der Waals surface area contributed by atoms with Gasteiger partial charge >= 0.3 is 5.69 Å². The molecule has 0 spiro atoms. The van der Waals surface area contributed by atoms with E-state index in [0.29, 0.717) is 16.5 Å². The SMILES string of the molecule is C[C@H](NC(=O)CCn1c(=O)[nH]c(=O)c2ccccc21)c1ccc(F)c(Cl)c1. The molecule has 0 bridgehead atoms. The number of nitrogens with one attached hydrogen (secondary N) is 2. The van der Waals surface area contributed by atoms with Gasteiger partial charge in [-0.15, -0.1) is 0 Å². The summed E-state index contributed by atoms with van der Waals surface area (Å²) >= 11 is 5.77. The normalized spacial score (nSPS) is 12.1. The predicted octanol–water partition coefficient (Wildman–Crippen LogP) is 2.75. The molecule has 0 saturated heterocycles. The van der Waals surface area contributed by atoms with E-state index >= 15 is 0 Å². The number of para-hydroxylation sites is 1. The highest BCUT2D eigenvalue weighted by Crippen LogP contribution is 2.20. The maximum atomic E-state index is 13.3. The standard InChI is InChI=1S/C19H17ClFN3O3/c1-11(12-6-7-15(21)14(20)10-12)22-17(25)8-9-24-16-5-3-2-4-13(16)18(26)23-19(24)27/h2-7,10-11H,8-9H2,1H3,(H,22,25)(H,23,26,27)/t11-/m0/s1. The second-order valence-corrected chi connectivity index (χ2v) is 6.55. The van der Waals surface area contributed by atoms with Gasteiger partial charge in [0.05, 0.1) is 22.0 Å². The molecule has 1 atom stereocenters. The minimum atomic E-state index is -0.565. The van der Waals surface area contributed by atoms with E-state index in [-0.39, 0.29) is 29.9 Å². The van der Waals surface area contributed by atoms with Crippen molar-refractivity contribution in [1.82, 2.24) is 14.9 Å². The summed E-state index contributed by atoms with van der Waals surface area (Å²) in [6.07, 6.45) is 0.0369. The van der Waals surface area contributed by atoms with Crippen molar-refractivity contribution < 1.29 is 9.18 Å². The van der Waals surface area contributed by atoms with Gasteiger partial charge in [0.2, 0.25) is 5.91 Å². The third-order valence-corrected chi connectivity index (χ3v) is 4.58. The van der Waals surface area contributed by atoms with E-state index in [0.717, 1.165) is 0 Å². The molecule has 2 aromatic carbocycles. The van der Waals surface area contributed by atoms with Crippen LogP contribution < -0.4 is 16.6 Å². The Bertz CT molecular complexity index is 1120. The monoisotopic (exact) mass is 389 g/mol. The van der Waals surface area contributed by atoms with Crippen molar-refractivity contribution in [2.45, 2.75) is 25.9 Å². The molecule has 140 valence electrons. The number of H-pyrrole nitrogens is 1. The first-order valence-corrected chi connectivity index (χ1v) is 8.71. The molecule has 0 aliphatic rings. The lowest BCUT2D eigenvalue weighted by molar-refractivity contribution is -0.121. The maximum absolute atomic E-state index is 13.3. The molecule has 1 amide bonds. The fraction of sp³-hybridized carbons (Fsp3) is 0.211. The zero-order chi connectivity index (χ0) is 19.6.